The molecule has 0 aliphatic heterocycles. The zero-order chi connectivity index (χ0) is 24.2. The highest BCUT2D eigenvalue weighted by molar-refractivity contribution is 6.00. The smallest absolute Gasteiger partial charge is 0.270 e. The van der Waals surface area contributed by atoms with Gasteiger partial charge in [-0.25, -0.2) is 4.98 Å². The molecule has 1 atom stereocenters. The molecule has 9 nitrogen and oxygen atoms in total. The quantitative estimate of drug-likeness (QED) is 0.544. The van der Waals surface area contributed by atoms with Gasteiger partial charge in [0.25, 0.3) is 5.91 Å². The van der Waals surface area contributed by atoms with Gasteiger partial charge >= 0.3 is 0 Å². The molecule has 180 valence electrons. The third-order valence-corrected chi connectivity index (χ3v) is 6.80. The molecular formula is C25H33N7O2. The molecule has 3 aromatic heterocycles. The Morgan fingerprint density at radius 2 is 1.76 bits per heavy atom. The first-order chi connectivity index (χ1) is 16.3. The molecule has 34 heavy (non-hydrogen) atoms. The Balaban J connectivity index is 1.52. The Labute approximate surface area is 200 Å². The lowest BCUT2D eigenvalue weighted by Crippen LogP contribution is -2.49. The van der Waals surface area contributed by atoms with Crippen molar-refractivity contribution in [2.75, 3.05) is 5.32 Å². The van der Waals surface area contributed by atoms with E-state index < -0.39 is 6.04 Å². The number of carbonyl (C=O) groups is 2. The lowest BCUT2D eigenvalue weighted by Gasteiger charge is -2.26. The number of aromatic nitrogens is 5. The molecule has 1 fully saturated rings. The first-order valence-corrected chi connectivity index (χ1v) is 11.9. The second kappa shape index (κ2) is 10.2. The van der Waals surface area contributed by atoms with Gasteiger partial charge in [0, 0.05) is 32.1 Å². The van der Waals surface area contributed by atoms with Crippen molar-refractivity contribution in [3.63, 3.8) is 0 Å². The van der Waals surface area contributed by atoms with Gasteiger partial charge in [-0.05, 0) is 56.4 Å². The number of nitrogens with zero attached hydrogens (tertiary/aromatic N) is 5. The van der Waals surface area contributed by atoms with E-state index in [9.17, 15) is 9.59 Å². The first kappa shape index (κ1) is 23.7. The predicted molar refractivity (Wildman–Crippen MR) is 130 cm³/mol. The molecule has 3 heterocycles. The van der Waals surface area contributed by atoms with E-state index in [1.807, 2.05) is 31.6 Å². The Bertz CT molecular complexity index is 1150. The molecule has 1 saturated carbocycles. The topological polar surface area (TPSA) is 107 Å². The minimum atomic E-state index is -0.635. The highest BCUT2D eigenvalue weighted by Gasteiger charge is 2.31. The fourth-order valence-corrected chi connectivity index (χ4v) is 4.83. The lowest BCUT2D eigenvalue weighted by molar-refractivity contribution is -0.119. The summed E-state index contributed by atoms with van der Waals surface area (Å²) in [6.07, 6.45) is 9.59. The molecule has 4 rings (SSSR count). The number of amides is 2. The van der Waals surface area contributed by atoms with Gasteiger partial charge < -0.3 is 10.6 Å². The minimum Gasteiger partial charge on any atom is -0.339 e. The molecule has 1 aliphatic rings. The maximum Gasteiger partial charge on any atom is 0.270 e. The Kier molecular flexibility index (Phi) is 7.09. The zero-order valence-corrected chi connectivity index (χ0v) is 20.3. The van der Waals surface area contributed by atoms with Crippen LogP contribution in [0.5, 0.6) is 0 Å². The Hall–Kier alpha value is -3.49. The maximum absolute atomic E-state index is 13.4. The van der Waals surface area contributed by atoms with E-state index in [1.165, 1.54) is 4.68 Å². The van der Waals surface area contributed by atoms with Crippen molar-refractivity contribution in [3.8, 4) is 11.3 Å². The summed E-state index contributed by atoms with van der Waals surface area (Å²) in [7, 11) is 3.62. The molecule has 1 aliphatic carbocycles. The summed E-state index contributed by atoms with van der Waals surface area (Å²) >= 11 is 0. The van der Waals surface area contributed by atoms with Gasteiger partial charge in [-0.1, -0.05) is 25.7 Å². The Morgan fingerprint density at radius 3 is 2.32 bits per heavy atom. The van der Waals surface area contributed by atoms with Crippen molar-refractivity contribution in [2.24, 2.45) is 20.0 Å². The average molecular weight is 464 g/mol. The second-order valence-electron chi connectivity index (χ2n) is 9.15. The van der Waals surface area contributed by atoms with Crippen LogP contribution in [0, 0.1) is 19.8 Å². The number of nitrogens with one attached hydrogen (secondary N) is 2. The van der Waals surface area contributed by atoms with Crippen LogP contribution in [0.1, 0.15) is 60.3 Å². The van der Waals surface area contributed by atoms with Crippen LogP contribution in [0.15, 0.2) is 30.6 Å². The molecule has 0 aromatic carbocycles. The van der Waals surface area contributed by atoms with E-state index in [1.54, 1.807) is 31.6 Å². The van der Waals surface area contributed by atoms with Crippen LogP contribution in [0.4, 0.5) is 5.82 Å². The first-order valence-electron chi connectivity index (χ1n) is 11.9. The summed E-state index contributed by atoms with van der Waals surface area (Å²) in [5, 5.41) is 14.4. The van der Waals surface area contributed by atoms with Crippen LogP contribution in [0.2, 0.25) is 0 Å². The molecule has 0 saturated heterocycles. The van der Waals surface area contributed by atoms with Crippen molar-refractivity contribution in [1.82, 2.24) is 29.9 Å². The zero-order valence-electron chi connectivity index (χ0n) is 20.3. The second-order valence-corrected chi connectivity index (χ2v) is 9.15. The predicted octanol–water partition coefficient (Wildman–Crippen LogP) is 3.54. The summed E-state index contributed by atoms with van der Waals surface area (Å²) in [6, 6.07) is 4.74. The normalized spacial score (nSPS) is 15.5. The van der Waals surface area contributed by atoms with E-state index in [0.717, 1.165) is 61.0 Å². The molecule has 0 radical (unpaired) electrons. The monoisotopic (exact) mass is 463 g/mol. The number of aryl methyl sites for hydroxylation is 3. The molecule has 1 unspecified atom stereocenters. The van der Waals surface area contributed by atoms with Crippen LogP contribution >= 0.6 is 0 Å². The number of anilines is 1. The highest BCUT2D eigenvalue weighted by atomic mass is 16.2. The Morgan fingerprint density at radius 1 is 1.03 bits per heavy atom. The number of carbonyl (C=O) groups excluding carboxylic acids is 2. The van der Waals surface area contributed by atoms with E-state index in [0.29, 0.717) is 11.5 Å². The number of hydrogen-bond donors (Lipinski definition) is 2. The SMILES string of the molecule is Cc1nn(C)c(-c2ccc(NC(=O)C(NC(=O)c3ccnn3C)C3CCCCCC3)nc2)c1C. The van der Waals surface area contributed by atoms with Crippen LogP contribution in [-0.4, -0.2) is 42.4 Å². The summed E-state index contributed by atoms with van der Waals surface area (Å²) in [5.74, 6) is 0.00250. The van der Waals surface area contributed by atoms with Crippen LogP contribution < -0.4 is 10.6 Å². The van der Waals surface area contributed by atoms with Crippen LogP contribution in [0.3, 0.4) is 0 Å². The number of pyridine rings is 1. The average Bonchev–Trinajstić information content (AvgIpc) is 3.21. The van der Waals surface area contributed by atoms with Crippen molar-refractivity contribution in [1.29, 1.82) is 0 Å². The van der Waals surface area contributed by atoms with Gasteiger partial charge in [0.1, 0.15) is 17.6 Å². The van der Waals surface area contributed by atoms with E-state index in [4.69, 9.17) is 0 Å². The summed E-state index contributed by atoms with van der Waals surface area (Å²) < 4.78 is 3.36. The third-order valence-electron chi connectivity index (χ3n) is 6.80. The molecule has 0 bridgehead atoms. The van der Waals surface area contributed by atoms with Gasteiger partial charge in [0.05, 0.1) is 11.4 Å². The van der Waals surface area contributed by atoms with E-state index >= 15 is 0 Å². The number of rotatable bonds is 6. The lowest BCUT2D eigenvalue weighted by atomic mass is 9.91. The van der Waals surface area contributed by atoms with Gasteiger partial charge in [0.15, 0.2) is 0 Å². The van der Waals surface area contributed by atoms with Crippen LogP contribution in [-0.2, 0) is 18.9 Å². The fourth-order valence-electron chi connectivity index (χ4n) is 4.83. The highest BCUT2D eigenvalue weighted by Crippen LogP contribution is 2.28. The maximum atomic E-state index is 13.4. The van der Waals surface area contributed by atoms with Crippen LogP contribution in [0.25, 0.3) is 11.3 Å². The molecule has 9 heteroatoms. The van der Waals surface area contributed by atoms with Gasteiger partial charge in [0.2, 0.25) is 5.91 Å². The minimum absolute atomic E-state index is 0.0824. The molecule has 3 aromatic rings. The van der Waals surface area contributed by atoms with Crippen molar-refractivity contribution < 1.29 is 9.59 Å². The number of hydrogen-bond acceptors (Lipinski definition) is 5. The largest absolute Gasteiger partial charge is 0.339 e. The van der Waals surface area contributed by atoms with Crippen molar-refractivity contribution in [3.05, 3.63) is 47.5 Å². The summed E-state index contributed by atoms with van der Waals surface area (Å²) in [4.78, 5) is 30.8. The van der Waals surface area contributed by atoms with Crippen molar-refractivity contribution >= 4 is 17.6 Å². The molecule has 0 spiro atoms. The van der Waals surface area contributed by atoms with Crippen molar-refractivity contribution in [2.45, 2.75) is 58.4 Å². The van der Waals surface area contributed by atoms with Gasteiger partial charge in [-0.3, -0.25) is 19.0 Å². The molecule has 2 N–H and O–H groups in total. The summed E-state index contributed by atoms with van der Waals surface area (Å²) in [5.41, 5.74) is 4.44. The van der Waals surface area contributed by atoms with E-state index in [-0.39, 0.29) is 17.7 Å². The standard InChI is InChI=1S/C25H33N7O2/c1-16-17(2)30-32(4)23(16)19-11-12-21(26-15-19)28-25(34)22(18-9-7-5-6-8-10-18)29-24(33)20-13-14-27-31(20)3/h11-15,18,22H,5-10H2,1-4H3,(H,29,33)(H,26,28,34). The third kappa shape index (κ3) is 5.03. The van der Waals surface area contributed by atoms with Gasteiger partial charge in [-0.2, -0.15) is 10.2 Å². The van der Waals surface area contributed by atoms with Gasteiger partial charge in [-0.15, -0.1) is 0 Å². The molecular weight excluding hydrogens is 430 g/mol. The molecule has 2 amide bonds. The fraction of sp³-hybridized carbons (Fsp3) is 0.480. The summed E-state index contributed by atoms with van der Waals surface area (Å²) in [6.45, 7) is 4.02. The van der Waals surface area contributed by atoms with E-state index in [2.05, 4.69) is 25.8 Å².